The number of guanidine groups is 1. The number of nitrogens with one attached hydrogen (secondary N) is 3. The second kappa shape index (κ2) is 7.58. The summed E-state index contributed by atoms with van der Waals surface area (Å²) in [5, 5.41) is 8.89. The highest BCUT2D eigenvalue weighted by atomic mass is 35.5. The fraction of sp³-hybridized carbons (Fsp3) is 0.188. The Kier molecular flexibility index (Phi) is 5.25. The van der Waals surface area contributed by atoms with E-state index in [-0.39, 0.29) is 30.7 Å². The predicted octanol–water partition coefficient (Wildman–Crippen LogP) is 2.56. The fourth-order valence-electron chi connectivity index (χ4n) is 2.23. The summed E-state index contributed by atoms with van der Waals surface area (Å²) in [6.45, 7) is 0.247. The third-order valence-corrected chi connectivity index (χ3v) is 4.17. The summed E-state index contributed by atoms with van der Waals surface area (Å²) >= 11 is 11.8. The number of amides is 2. The molecule has 0 aliphatic carbocycles. The normalized spacial score (nSPS) is 18.6. The summed E-state index contributed by atoms with van der Waals surface area (Å²) in [6, 6.07) is 7.51. The van der Waals surface area contributed by atoms with Crippen LogP contribution in [0.15, 0.2) is 46.0 Å². The molecule has 130 valence electrons. The zero-order chi connectivity index (χ0) is 17.8. The molecule has 1 aliphatic heterocycles. The van der Waals surface area contributed by atoms with Gasteiger partial charge in [0.25, 0.3) is 0 Å². The molecule has 9 heteroatoms. The van der Waals surface area contributed by atoms with E-state index in [1.54, 1.807) is 24.3 Å². The molecule has 2 heterocycles. The summed E-state index contributed by atoms with van der Waals surface area (Å²) < 4.78 is 5.18. The SMILES string of the molecule is O=C1CC(C(=O)Nc2ccc(Cl)c(Cl)c2)NC(=NCc2ccco2)N1. The van der Waals surface area contributed by atoms with E-state index >= 15 is 0 Å². The van der Waals surface area contributed by atoms with Gasteiger partial charge in [0.2, 0.25) is 11.8 Å². The van der Waals surface area contributed by atoms with Crippen LogP contribution in [-0.4, -0.2) is 23.8 Å². The minimum atomic E-state index is -0.751. The molecule has 3 rings (SSSR count). The van der Waals surface area contributed by atoms with Crippen LogP contribution in [0.2, 0.25) is 10.0 Å². The van der Waals surface area contributed by atoms with Crippen molar-refractivity contribution in [1.82, 2.24) is 10.6 Å². The Balaban J connectivity index is 1.66. The summed E-state index contributed by atoms with van der Waals surface area (Å²) in [4.78, 5) is 28.4. The maximum absolute atomic E-state index is 12.4. The Bertz CT molecular complexity index is 821. The lowest BCUT2D eigenvalue weighted by atomic mass is 10.1. The molecule has 0 spiro atoms. The van der Waals surface area contributed by atoms with E-state index in [2.05, 4.69) is 20.9 Å². The summed E-state index contributed by atoms with van der Waals surface area (Å²) in [5.74, 6) is 0.193. The average molecular weight is 381 g/mol. The molecule has 0 radical (unpaired) electrons. The molecule has 2 aromatic rings. The average Bonchev–Trinajstić information content (AvgIpc) is 3.09. The molecule has 0 saturated carbocycles. The smallest absolute Gasteiger partial charge is 0.247 e. The van der Waals surface area contributed by atoms with Gasteiger partial charge >= 0.3 is 0 Å². The minimum Gasteiger partial charge on any atom is -0.467 e. The molecule has 3 N–H and O–H groups in total. The number of hydrogen-bond acceptors (Lipinski definition) is 4. The van der Waals surface area contributed by atoms with Gasteiger partial charge in [0, 0.05) is 5.69 Å². The summed E-state index contributed by atoms with van der Waals surface area (Å²) in [7, 11) is 0. The predicted molar refractivity (Wildman–Crippen MR) is 94.6 cm³/mol. The first kappa shape index (κ1) is 17.3. The molecule has 7 nitrogen and oxygen atoms in total. The van der Waals surface area contributed by atoms with Crippen LogP contribution in [0.25, 0.3) is 0 Å². The zero-order valence-corrected chi connectivity index (χ0v) is 14.4. The second-order valence-electron chi connectivity index (χ2n) is 5.31. The largest absolute Gasteiger partial charge is 0.467 e. The highest BCUT2D eigenvalue weighted by Crippen LogP contribution is 2.25. The molecule has 0 bridgehead atoms. The van der Waals surface area contributed by atoms with Gasteiger partial charge in [0.1, 0.15) is 18.3 Å². The molecule has 1 aromatic carbocycles. The molecule has 25 heavy (non-hydrogen) atoms. The number of carbonyl (C=O) groups is 2. The van der Waals surface area contributed by atoms with E-state index in [1.165, 1.54) is 12.3 Å². The highest BCUT2D eigenvalue weighted by molar-refractivity contribution is 6.42. The van der Waals surface area contributed by atoms with Crippen molar-refractivity contribution in [2.45, 2.75) is 19.0 Å². The summed E-state index contributed by atoms with van der Waals surface area (Å²) in [6.07, 6.45) is 1.53. The van der Waals surface area contributed by atoms with E-state index in [1.807, 2.05) is 0 Å². The van der Waals surface area contributed by atoms with Gasteiger partial charge in [-0.25, -0.2) is 4.99 Å². The van der Waals surface area contributed by atoms with Crippen molar-refractivity contribution in [3.63, 3.8) is 0 Å². The van der Waals surface area contributed by atoms with Crippen molar-refractivity contribution in [1.29, 1.82) is 0 Å². The highest BCUT2D eigenvalue weighted by Gasteiger charge is 2.28. The van der Waals surface area contributed by atoms with Gasteiger partial charge < -0.3 is 15.1 Å². The number of benzene rings is 1. The van der Waals surface area contributed by atoms with Crippen molar-refractivity contribution in [2.75, 3.05) is 5.32 Å². The van der Waals surface area contributed by atoms with Gasteiger partial charge in [-0.1, -0.05) is 23.2 Å². The number of halogens is 2. The fourth-order valence-corrected chi connectivity index (χ4v) is 2.52. The van der Waals surface area contributed by atoms with Crippen LogP contribution < -0.4 is 16.0 Å². The Hall–Kier alpha value is -2.51. The maximum Gasteiger partial charge on any atom is 0.247 e. The molecule has 2 amide bonds. The second-order valence-corrected chi connectivity index (χ2v) is 6.13. The lowest BCUT2D eigenvalue weighted by Crippen LogP contribution is -2.57. The van der Waals surface area contributed by atoms with Crippen molar-refractivity contribution in [2.24, 2.45) is 4.99 Å². The van der Waals surface area contributed by atoms with E-state index in [4.69, 9.17) is 27.6 Å². The monoisotopic (exact) mass is 380 g/mol. The van der Waals surface area contributed by atoms with Crippen LogP contribution in [0, 0.1) is 0 Å². The number of rotatable bonds is 4. The molecule has 1 saturated heterocycles. The topological polar surface area (TPSA) is 95.7 Å². The van der Waals surface area contributed by atoms with Gasteiger partial charge in [-0.15, -0.1) is 0 Å². The van der Waals surface area contributed by atoms with Crippen molar-refractivity contribution >= 4 is 46.7 Å². The molecular formula is C16H14Cl2N4O3. The quantitative estimate of drug-likeness (QED) is 0.759. The third kappa shape index (κ3) is 4.52. The first-order valence-electron chi connectivity index (χ1n) is 7.40. The van der Waals surface area contributed by atoms with E-state index in [9.17, 15) is 9.59 Å². The molecule has 1 fully saturated rings. The Morgan fingerprint density at radius 2 is 2.16 bits per heavy atom. The van der Waals surface area contributed by atoms with Gasteiger partial charge in [-0.3, -0.25) is 14.9 Å². The standard InChI is InChI=1S/C16H14Cl2N4O3/c17-11-4-3-9(6-12(11)18)20-15(24)13-7-14(23)22-16(21-13)19-8-10-2-1-5-25-10/h1-6,13H,7-8H2,(H,20,24)(H2,19,21,22,23). The number of carbonyl (C=O) groups excluding carboxylic acids is 2. The van der Waals surface area contributed by atoms with Crippen LogP contribution in [0.5, 0.6) is 0 Å². The third-order valence-electron chi connectivity index (χ3n) is 3.44. The van der Waals surface area contributed by atoms with Gasteiger partial charge in [0.05, 0.1) is 22.7 Å². The zero-order valence-electron chi connectivity index (χ0n) is 12.9. The van der Waals surface area contributed by atoms with Crippen LogP contribution in [-0.2, 0) is 16.1 Å². The van der Waals surface area contributed by atoms with Crippen molar-refractivity contribution < 1.29 is 14.0 Å². The summed E-state index contributed by atoms with van der Waals surface area (Å²) in [5.41, 5.74) is 0.487. The molecule has 1 aliphatic rings. The van der Waals surface area contributed by atoms with Crippen LogP contribution in [0.1, 0.15) is 12.2 Å². The minimum absolute atomic E-state index is 0.00702. The van der Waals surface area contributed by atoms with Crippen LogP contribution in [0.4, 0.5) is 5.69 Å². The van der Waals surface area contributed by atoms with E-state index < -0.39 is 6.04 Å². The lowest BCUT2D eigenvalue weighted by Gasteiger charge is -2.25. The van der Waals surface area contributed by atoms with Crippen molar-refractivity contribution in [3.8, 4) is 0 Å². The van der Waals surface area contributed by atoms with E-state index in [0.29, 0.717) is 21.5 Å². The number of anilines is 1. The molecule has 1 atom stereocenters. The molecule has 1 unspecified atom stereocenters. The number of nitrogens with zero attached hydrogens (tertiary/aromatic N) is 1. The lowest BCUT2D eigenvalue weighted by molar-refractivity contribution is -0.125. The van der Waals surface area contributed by atoms with Gasteiger partial charge in [-0.05, 0) is 30.3 Å². The Labute approximate surface area is 153 Å². The number of hydrogen-bond donors (Lipinski definition) is 3. The van der Waals surface area contributed by atoms with Crippen molar-refractivity contribution in [3.05, 3.63) is 52.4 Å². The Morgan fingerprint density at radius 1 is 1.32 bits per heavy atom. The number of aliphatic imine (C=N–C) groups is 1. The molecular weight excluding hydrogens is 367 g/mol. The number of furan rings is 1. The molecule has 1 aromatic heterocycles. The maximum atomic E-state index is 12.4. The Morgan fingerprint density at radius 3 is 2.88 bits per heavy atom. The van der Waals surface area contributed by atoms with Gasteiger partial charge in [-0.2, -0.15) is 0 Å². The van der Waals surface area contributed by atoms with Gasteiger partial charge in [0.15, 0.2) is 5.96 Å². The first-order valence-corrected chi connectivity index (χ1v) is 8.16. The van der Waals surface area contributed by atoms with E-state index in [0.717, 1.165) is 0 Å². The first-order chi connectivity index (χ1) is 12.0. The van der Waals surface area contributed by atoms with Crippen LogP contribution >= 0.6 is 23.2 Å². The van der Waals surface area contributed by atoms with Crippen LogP contribution in [0.3, 0.4) is 0 Å².